The van der Waals surface area contributed by atoms with Crippen molar-refractivity contribution in [2.24, 2.45) is 11.8 Å². The van der Waals surface area contributed by atoms with Gasteiger partial charge in [-0.1, -0.05) is 24.3 Å². The van der Waals surface area contributed by atoms with E-state index < -0.39 is 5.97 Å². The SMILES string of the molecule is C=C(NCc1ccc2c(c1)OCO2)c1cc(C)ccc1NCC1CCC(C(=O)[O-])CC1.[Na+]. The van der Waals surface area contributed by atoms with Crippen molar-refractivity contribution in [3.8, 4) is 11.5 Å². The van der Waals surface area contributed by atoms with Crippen LogP contribution >= 0.6 is 0 Å². The molecule has 0 amide bonds. The van der Waals surface area contributed by atoms with Gasteiger partial charge in [-0.2, -0.15) is 0 Å². The first kappa shape index (κ1) is 24.5. The molecule has 2 N–H and O–H groups in total. The van der Waals surface area contributed by atoms with E-state index in [1.165, 1.54) is 5.56 Å². The summed E-state index contributed by atoms with van der Waals surface area (Å²) in [7, 11) is 0. The van der Waals surface area contributed by atoms with E-state index >= 15 is 0 Å². The van der Waals surface area contributed by atoms with Crippen molar-refractivity contribution in [3.63, 3.8) is 0 Å². The molecule has 7 heteroatoms. The number of anilines is 1. The number of hydrogen-bond acceptors (Lipinski definition) is 6. The number of aliphatic carboxylic acids is 1. The predicted octanol–water partition coefficient (Wildman–Crippen LogP) is 0.456. The summed E-state index contributed by atoms with van der Waals surface area (Å²) in [5, 5.41) is 18.0. The molecule has 2 aromatic rings. The normalized spacial score (nSPS) is 19.0. The minimum atomic E-state index is -0.905. The summed E-state index contributed by atoms with van der Waals surface area (Å²) in [5.41, 5.74) is 5.20. The molecule has 1 aliphatic carbocycles. The Bertz CT molecular complexity index is 970. The van der Waals surface area contributed by atoms with Crippen LogP contribution in [-0.2, 0) is 11.3 Å². The zero-order valence-electron chi connectivity index (χ0n) is 18.9. The second-order valence-corrected chi connectivity index (χ2v) is 8.49. The fourth-order valence-electron chi connectivity index (χ4n) is 4.27. The summed E-state index contributed by atoms with van der Waals surface area (Å²) >= 11 is 0. The van der Waals surface area contributed by atoms with Gasteiger partial charge in [-0.25, -0.2) is 0 Å². The van der Waals surface area contributed by atoms with Gasteiger partial charge in [0.25, 0.3) is 0 Å². The molecule has 0 spiro atoms. The minimum absolute atomic E-state index is 0. The van der Waals surface area contributed by atoms with Crippen molar-refractivity contribution in [2.45, 2.75) is 39.2 Å². The van der Waals surface area contributed by atoms with E-state index in [1.807, 2.05) is 18.2 Å². The first-order valence-corrected chi connectivity index (χ1v) is 10.9. The van der Waals surface area contributed by atoms with Crippen molar-refractivity contribution in [2.75, 3.05) is 18.7 Å². The molecule has 2 aromatic carbocycles. The molecular weight excluding hydrogens is 415 g/mol. The fourth-order valence-corrected chi connectivity index (χ4v) is 4.27. The van der Waals surface area contributed by atoms with Gasteiger partial charge in [0.15, 0.2) is 11.5 Å². The Labute approximate surface area is 211 Å². The smallest absolute Gasteiger partial charge is 0.550 e. The quantitative estimate of drug-likeness (QED) is 0.576. The number of hydrogen-bond donors (Lipinski definition) is 2. The maximum atomic E-state index is 11.1. The molecule has 0 aromatic heterocycles. The molecular formula is C25H29N2NaO4. The van der Waals surface area contributed by atoms with Gasteiger partial charge in [0, 0.05) is 36.0 Å². The Morgan fingerprint density at radius 1 is 1.09 bits per heavy atom. The monoisotopic (exact) mass is 444 g/mol. The van der Waals surface area contributed by atoms with E-state index in [0.29, 0.717) is 25.3 Å². The molecule has 0 atom stereocenters. The van der Waals surface area contributed by atoms with Crippen LogP contribution in [0.25, 0.3) is 5.70 Å². The molecule has 6 nitrogen and oxygen atoms in total. The molecule has 1 heterocycles. The minimum Gasteiger partial charge on any atom is -0.550 e. The van der Waals surface area contributed by atoms with Gasteiger partial charge < -0.3 is 30.0 Å². The molecule has 32 heavy (non-hydrogen) atoms. The van der Waals surface area contributed by atoms with Gasteiger partial charge in [-0.15, -0.1) is 0 Å². The van der Waals surface area contributed by atoms with E-state index in [0.717, 1.165) is 53.4 Å². The Morgan fingerprint density at radius 3 is 2.59 bits per heavy atom. The molecule has 0 unspecified atom stereocenters. The van der Waals surface area contributed by atoms with E-state index in [4.69, 9.17) is 9.47 Å². The van der Waals surface area contributed by atoms with Crippen molar-refractivity contribution >= 4 is 17.4 Å². The average Bonchev–Trinajstić information content (AvgIpc) is 3.24. The number of fused-ring (bicyclic) bond motifs is 1. The van der Waals surface area contributed by atoms with E-state index in [1.54, 1.807) is 0 Å². The van der Waals surface area contributed by atoms with Crippen LogP contribution in [0.4, 0.5) is 5.69 Å². The molecule has 4 rings (SSSR count). The zero-order chi connectivity index (χ0) is 21.8. The van der Waals surface area contributed by atoms with Gasteiger partial charge >= 0.3 is 29.6 Å². The molecule has 2 aliphatic rings. The van der Waals surface area contributed by atoms with Gasteiger partial charge in [0.2, 0.25) is 6.79 Å². The van der Waals surface area contributed by atoms with Crippen LogP contribution in [0, 0.1) is 18.8 Å². The second kappa shape index (κ2) is 11.1. The molecule has 1 aliphatic heterocycles. The summed E-state index contributed by atoms with van der Waals surface area (Å²) in [4.78, 5) is 11.1. The largest absolute Gasteiger partial charge is 1.00 e. The molecule has 0 radical (unpaired) electrons. The third-order valence-electron chi connectivity index (χ3n) is 6.20. The maximum Gasteiger partial charge on any atom is 1.00 e. The van der Waals surface area contributed by atoms with E-state index in [9.17, 15) is 9.90 Å². The maximum absolute atomic E-state index is 11.1. The third-order valence-corrected chi connectivity index (χ3v) is 6.20. The Balaban J connectivity index is 0.00000289. The summed E-state index contributed by atoms with van der Waals surface area (Å²) in [5.74, 6) is 0.834. The number of carbonyl (C=O) groups is 1. The zero-order valence-corrected chi connectivity index (χ0v) is 20.9. The van der Waals surface area contributed by atoms with Crippen LogP contribution in [-0.4, -0.2) is 19.3 Å². The summed E-state index contributed by atoms with van der Waals surface area (Å²) < 4.78 is 10.8. The van der Waals surface area contributed by atoms with Crippen molar-refractivity contribution in [3.05, 3.63) is 59.7 Å². The summed E-state index contributed by atoms with van der Waals surface area (Å²) in [6.07, 6.45) is 3.24. The van der Waals surface area contributed by atoms with Crippen LogP contribution in [0.3, 0.4) is 0 Å². The van der Waals surface area contributed by atoms with E-state index in [-0.39, 0.29) is 42.3 Å². The first-order chi connectivity index (χ1) is 15.0. The Hall–Kier alpha value is -2.15. The second-order valence-electron chi connectivity index (χ2n) is 8.49. The Kier molecular flexibility index (Phi) is 8.51. The number of carbonyl (C=O) groups excluding carboxylic acids is 1. The predicted molar refractivity (Wildman–Crippen MR) is 119 cm³/mol. The number of ether oxygens (including phenoxy) is 2. The summed E-state index contributed by atoms with van der Waals surface area (Å²) in [6, 6.07) is 12.2. The van der Waals surface area contributed by atoms with E-state index in [2.05, 4.69) is 42.3 Å². The van der Waals surface area contributed by atoms with Gasteiger partial charge in [-0.05, 0) is 74.3 Å². The van der Waals surface area contributed by atoms with Gasteiger partial charge in [-0.3, -0.25) is 0 Å². The molecule has 1 saturated carbocycles. The van der Waals surface area contributed by atoms with Gasteiger partial charge in [0.1, 0.15) is 0 Å². The number of carboxylic acids is 1. The number of rotatable bonds is 8. The van der Waals surface area contributed by atoms with Crippen molar-refractivity contribution in [1.29, 1.82) is 0 Å². The van der Waals surface area contributed by atoms with Crippen molar-refractivity contribution < 1.29 is 48.9 Å². The number of benzene rings is 2. The third kappa shape index (κ3) is 6.00. The van der Waals surface area contributed by atoms with Crippen molar-refractivity contribution in [1.82, 2.24) is 5.32 Å². The molecule has 0 bridgehead atoms. The molecule has 0 saturated heterocycles. The topological polar surface area (TPSA) is 82.6 Å². The molecule has 1 fully saturated rings. The first-order valence-electron chi connectivity index (χ1n) is 10.9. The average molecular weight is 445 g/mol. The number of carboxylic acid groups (broad SMARTS) is 1. The molecule has 164 valence electrons. The standard InChI is InChI=1S/C25H30N2O4.Na/c1-16-3-9-22(27-13-18-4-7-20(8-5-18)25(28)29)21(11-16)17(2)26-14-19-6-10-23-24(12-19)31-15-30-23;/h3,6,9-12,18,20,26-27H,2,4-5,7-8,13-15H2,1H3,(H,28,29);/q;+1/p-1. The van der Waals surface area contributed by atoms with Gasteiger partial charge in [0.05, 0.1) is 0 Å². The van der Waals surface area contributed by atoms with Crippen LogP contribution in [0.5, 0.6) is 11.5 Å². The summed E-state index contributed by atoms with van der Waals surface area (Å²) in [6.45, 7) is 8.06. The fraction of sp³-hybridized carbons (Fsp3) is 0.400. The number of aryl methyl sites for hydroxylation is 1. The Morgan fingerprint density at radius 2 is 1.84 bits per heavy atom. The van der Waals surface area contributed by atoms with Crippen LogP contribution in [0.15, 0.2) is 43.0 Å². The number of nitrogens with one attached hydrogen (secondary N) is 2. The van der Waals surface area contributed by atoms with Crippen LogP contribution < -0.4 is 54.8 Å². The van der Waals surface area contributed by atoms with Crippen LogP contribution in [0.2, 0.25) is 0 Å². The van der Waals surface area contributed by atoms with Crippen LogP contribution in [0.1, 0.15) is 42.4 Å².